The van der Waals surface area contributed by atoms with Crippen molar-refractivity contribution in [2.75, 3.05) is 0 Å². The summed E-state index contributed by atoms with van der Waals surface area (Å²) in [6.45, 7) is 6.92. The number of hydrogen-bond donors (Lipinski definition) is 1. The molecule has 2 rings (SSSR count). The van der Waals surface area contributed by atoms with Gasteiger partial charge in [-0.2, -0.15) is 0 Å². The van der Waals surface area contributed by atoms with Gasteiger partial charge in [-0.25, -0.2) is 0 Å². The third kappa shape index (κ3) is 3.36. The molecule has 1 aliphatic rings. The van der Waals surface area contributed by atoms with Crippen LogP contribution in [0.3, 0.4) is 0 Å². The second kappa shape index (κ2) is 5.75. The Bertz CT molecular complexity index is 372. The largest absolute Gasteiger partial charge is 0.325 e. The minimum Gasteiger partial charge on any atom is -0.325 e. The van der Waals surface area contributed by atoms with Crippen LogP contribution >= 0.6 is 11.3 Å². The molecule has 1 fully saturated rings. The molecule has 18 heavy (non-hydrogen) atoms. The van der Waals surface area contributed by atoms with Crippen molar-refractivity contribution in [1.82, 2.24) is 0 Å². The van der Waals surface area contributed by atoms with E-state index in [1.54, 1.807) is 0 Å². The van der Waals surface area contributed by atoms with E-state index in [9.17, 15) is 0 Å². The fourth-order valence-corrected chi connectivity index (χ4v) is 4.23. The van der Waals surface area contributed by atoms with Gasteiger partial charge < -0.3 is 5.73 Å². The van der Waals surface area contributed by atoms with Crippen molar-refractivity contribution in [2.45, 2.75) is 64.8 Å². The molecular formula is C16H27NS. The molecule has 0 radical (unpaired) electrons. The van der Waals surface area contributed by atoms with Crippen LogP contribution in [0, 0.1) is 11.8 Å². The lowest BCUT2D eigenvalue weighted by Crippen LogP contribution is -2.45. The fraction of sp³-hybridized carbons (Fsp3) is 0.750. The molecule has 102 valence electrons. The summed E-state index contributed by atoms with van der Waals surface area (Å²) in [5.74, 6) is 1.72. The molecule has 0 amide bonds. The van der Waals surface area contributed by atoms with Crippen molar-refractivity contribution in [3.05, 3.63) is 21.9 Å². The molecule has 1 nitrogen and oxygen atoms in total. The summed E-state index contributed by atoms with van der Waals surface area (Å²) in [5, 5.41) is 0. The molecule has 2 N–H and O–H groups in total. The monoisotopic (exact) mass is 265 g/mol. The Balaban J connectivity index is 1.93. The number of rotatable bonds is 4. The van der Waals surface area contributed by atoms with Gasteiger partial charge in [-0.05, 0) is 62.5 Å². The van der Waals surface area contributed by atoms with Crippen LogP contribution in [0.5, 0.6) is 0 Å². The molecule has 0 aromatic carbocycles. The van der Waals surface area contributed by atoms with E-state index in [0.717, 1.165) is 24.7 Å². The minimum atomic E-state index is 0.0707. The maximum Gasteiger partial charge on any atom is 0.0203 e. The average Bonchev–Trinajstić information content (AvgIpc) is 2.76. The van der Waals surface area contributed by atoms with Crippen molar-refractivity contribution >= 4 is 11.3 Å². The lowest BCUT2D eigenvalue weighted by Gasteiger charge is -2.38. The van der Waals surface area contributed by atoms with Crippen LogP contribution in [-0.4, -0.2) is 5.54 Å². The lowest BCUT2D eigenvalue weighted by molar-refractivity contribution is 0.195. The van der Waals surface area contributed by atoms with Crippen LogP contribution in [0.2, 0.25) is 0 Å². The predicted octanol–water partition coefficient (Wildman–Crippen LogP) is 4.40. The molecule has 1 heterocycles. The maximum absolute atomic E-state index is 6.61. The van der Waals surface area contributed by atoms with Crippen LogP contribution < -0.4 is 5.73 Å². The van der Waals surface area contributed by atoms with E-state index in [4.69, 9.17) is 5.73 Å². The molecular weight excluding hydrogens is 238 g/mol. The van der Waals surface area contributed by atoms with Crippen molar-refractivity contribution in [3.8, 4) is 0 Å². The smallest absolute Gasteiger partial charge is 0.0203 e. The van der Waals surface area contributed by atoms with Gasteiger partial charge in [0.25, 0.3) is 0 Å². The molecule has 1 saturated carbocycles. The molecule has 0 aliphatic heterocycles. The Morgan fingerprint density at radius 1 is 1.28 bits per heavy atom. The van der Waals surface area contributed by atoms with Gasteiger partial charge in [-0.3, -0.25) is 0 Å². The van der Waals surface area contributed by atoms with E-state index in [-0.39, 0.29) is 5.54 Å². The van der Waals surface area contributed by atoms with Gasteiger partial charge in [0, 0.05) is 15.3 Å². The first-order valence-electron chi connectivity index (χ1n) is 7.39. The molecule has 0 spiro atoms. The summed E-state index contributed by atoms with van der Waals surface area (Å²) in [5.41, 5.74) is 6.68. The first kappa shape index (κ1) is 14.1. The highest BCUT2D eigenvalue weighted by Crippen LogP contribution is 2.37. The average molecular weight is 265 g/mol. The normalized spacial score (nSPS) is 28.8. The van der Waals surface area contributed by atoms with E-state index in [2.05, 4.69) is 32.9 Å². The van der Waals surface area contributed by atoms with Crippen molar-refractivity contribution in [1.29, 1.82) is 0 Å². The first-order chi connectivity index (χ1) is 8.52. The van der Waals surface area contributed by atoms with Gasteiger partial charge in [0.1, 0.15) is 0 Å². The van der Waals surface area contributed by atoms with Gasteiger partial charge in [0.05, 0.1) is 0 Å². The van der Waals surface area contributed by atoms with Gasteiger partial charge in [0.15, 0.2) is 0 Å². The van der Waals surface area contributed by atoms with Crippen molar-refractivity contribution in [3.63, 3.8) is 0 Å². The summed E-state index contributed by atoms with van der Waals surface area (Å²) < 4.78 is 0. The number of aryl methyl sites for hydroxylation is 1. The SMILES string of the molecule is CCc1ccc(CC2(N)CCC(C(C)C)CC2)s1. The zero-order chi connectivity index (χ0) is 13.2. The predicted molar refractivity (Wildman–Crippen MR) is 81.1 cm³/mol. The van der Waals surface area contributed by atoms with Crippen LogP contribution in [0.25, 0.3) is 0 Å². The summed E-state index contributed by atoms with van der Waals surface area (Å²) in [7, 11) is 0. The lowest BCUT2D eigenvalue weighted by atomic mass is 9.72. The van der Waals surface area contributed by atoms with E-state index in [0.29, 0.717) is 0 Å². The standard InChI is InChI=1S/C16H27NS/c1-4-14-5-6-15(18-14)11-16(17)9-7-13(8-10-16)12(2)3/h5-6,12-13H,4,7-11,17H2,1-3H3. The zero-order valence-corrected chi connectivity index (χ0v) is 12.9. The van der Waals surface area contributed by atoms with E-state index < -0.39 is 0 Å². The maximum atomic E-state index is 6.61. The molecule has 2 heteroatoms. The molecule has 1 aliphatic carbocycles. The number of hydrogen-bond acceptors (Lipinski definition) is 2. The van der Waals surface area contributed by atoms with Gasteiger partial charge >= 0.3 is 0 Å². The van der Waals surface area contributed by atoms with Gasteiger partial charge in [0.2, 0.25) is 0 Å². The quantitative estimate of drug-likeness (QED) is 0.858. The fourth-order valence-electron chi connectivity index (χ4n) is 3.11. The molecule has 0 atom stereocenters. The Morgan fingerprint density at radius 2 is 1.89 bits per heavy atom. The number of nitrogens with two attached hydrogens (primary N) is 1. The van der Waals surface area contributed by atoms with Crippen molar-refractivity contribution < 1.29 is 0 Å². The Labute approximate surface area is 116 Å². The van der Waals surface area contributed by atoms with Gasteiger partial charge in [-0.15, -0.1) is 11.3 Å². The Morgan fingerprint density at radius 3 is 2.39 bits per heavy atom. The van der Waals surface area contributed by atoms with E-state index >= 15 is 0 Å². The second-order valence-corrected chi connectivity index (χ2v) is 7.60. The molecule has 1 aromatic heterocycles. The highest BCUT2D eigenvalue weighted by atomic mass is 32.1. The van der Waals surface area contributed by atoms with Crippen LogP contribution in [-0.2, 0) is 12.8 Å². The van der Waals surface area contributed by atoms with Crippen LogP contribution in [0.4, 0.5) is 0 Å². The molecule has 0 saturated heterocycles. The minimum absolute atomic E-state index is 0.0707. The van der Waals surface area contributed by atoms with Crippen LogP contribution in [0.1, 0.15) is 56.2 Å². The summed E-state index contributed by atoms with van der Waals surface area (Å²) in [6, 6.07) is 4.55. The Kier molecular flexibility index (Phi) is 4.50. The number of thiophene rings is 1. The zero-order valence-electron chi connectivity index (χ0n) is 12.0. The highest BCUT2D eigenvalue weighted by Gasteiger charge is 2.33. The molecule has 0 bridgehead atoms. The molecule has 0 unspecified atom stereocenters. The van der Waals surface area contributed by atoms with E-state index in [1.807, 2.05) is 11.3 Å². The van der Waals surface area contributed by atoms with E-state index in [1.165, 1.54) is 35.4 Å². The second-order valence-electron chi connectivity index (χ2n) is 6.34. The highest BCUT2D eigenvalue weighted by molar-refractivity contribution is 7.12. The Hall–Kier alpha value is -0.340. The van der Waals surface area contributed by atoms with Crippen molar-refractivity contribution in [2.24, 2.45) is 17.6 Å². The third-order valence-electron chi connectivity index (χ3n) is 4.56. The molecule has 1 aromatic rings. The topological polar surface area (TPSA) is 26.0 Å². The summed E-state index contributed by atoms with van der Waals surface area (Å²) in [4.78, 5) is 2.97. The van der Waals surface area contributed by atoms with Crippen LogP contribution in [0.15, 0.2) is 12.1 Å². The summed E-state index contributed by atoms with van der Waals surface area (Å²) >= 11 is 1.95. The summed E-state index contributed by atoms with van der Waals surface area (Å²) in [6.07, 6.45) is 7.28. The first-order valence-corrected chi connectivity index (χ1v) is 8.20. The van der Waals surface area contributed by atoms with Gasteiger partial charge in [-0.1, -0.05) is 20.8 Å². The third-order valence-corrected chi connectivity index (χ3v) is 5.79.